The third-order valence-corrected chi connectivity index (χ3v) is 4.65. The maximum Gasteiger partial charge on any atom is -0.00148 e. The minimum absolute atomic E-state index is 0.686. The third-order valence-electron chi connectivity index (χ3n) is 4.65. The summed E-state index contributed by atoms with van der Waals surface area (Å²) in [5, 5.41) is 0. The van der Waals surface area contributed by atoms with Gasteiger partial charge in [-0.05, 0) is 54.1 Å². The molecule has 0 saturated heterocycles. The van der Waals surface area contributed by atoms with Gasteiger partial charge >= 0.3 is 0 Å². The lowest BCUT2D eigenvalue weighted by Gasteiger charge is -2.49. The molecular formula is C13H14. The summed E-state index contributed by atoms with van der Waals surface area (Å²) < 4.78 is 0. The molecule has 13 heavy (non-hydrogen) atoms. The summed E-state index contributed by atoms with van der Waals surface area (Å²) in [5.74, 6) is 2.00. The van der Waals surface area contributed by atoms with Crippen molar-refractivity contribution in [1.82, 2.24) is 0 Å². The Morgan fingerprint density at radius 2 is 1.85 bits per heavy atom. The zero-order chi connectivity index (χ0) is 8.47. The van der Waals surface area contributed by atoms with Gasteiger partial charge in [-0.3, -0.25) is 0 Å². The Kier molecular flexibility index (Phi) is 0.941. The van der Waals surface area contributed by atoms with Gasteiger partial charge in [-0.15, -0.1) is 0 Å². The van der Waals surface area contributed by atoms with Crippen molar-refractivity contribution < 1.29 is 0 Å². The van der Waals surface area contributed by atoms with Crippen LogP contribution >= 0.6 is 0 Å². The van der Waals surface area contributed by atoms with Crippen molar-refractivity contribution in [2.45, 2.75) is 37.0 Å². The molecule has 0 nitrogen and oxygen atoms in total. The first-order valence-corrected chi connectivity index (χ1v) is 5.49. The predicted octanol–water partition coefficient (Wildman–Crippen LogP) is 3.23. The van der Waals surface area contributed by atoms with Gasteiger partial charge in [0, 0.05) is 0 Å². The van der Waals surface area contributed by atoms with Crippen LogP contribution in [-0.2, 0) is 5.41 Å². The molecule has 5 rings (SSSR count). The molecule has 0 heterocycles. The van der Waals surface area contributed by atoms with Crippen molar-refractivity contribution in [3.63, 3.8) is 0 Å². The maximum atomic E-state index is 2.39. The Morgan fingerprint density at radius 1 is 1.08 bits per heavy atom. The molecule has 2 fully saturated rings. The van der Waals surface area contributed by atoms with E-state index in [0.29, 0.717) is 5.41 Å². The Hall–Kier alpha value is -0.780. The van der Waals surface area contributed by atoms with Crippen LogP contribution in [0.2, 0.25) is 0 Å². The van der Waals surface area contributed by atoms with E-state index < -0.39 is 0 Å². The second kappa shape index (κ2) is 1.84. The average molecular weight is 170 g/mol. The quantitative estimate of drug-likeness (QED) is 0.560. The fourth-order valence-electron chi connectivity index (χ4n) is 3.66. The molecule has 2 bridgehead atoms. The van der Waals surface area contributed by atoms with Gasteiger partial charge in [-0.2, -0.15) is 0 Å². The van der Waals surface area contributed by atoms with Crippen LogP contribution < -0.4 is 0 Å². The smallest absolute Gasteiger partial charge is 0.00148 e. The van der Waals surface area contributed by atoms with Gasteiger partial charge in [0.25, 0.3) is 0 Å². The van der Waals surface area contributed by atoms with Gasteiger partial charge in [-0.1, -0.05) is 24.3 Å². The van der Waals surface area contributed by atoms with E-state index in [1.807, 2.05) is 0 Å². The van der Waals surface area contributed by atoms with E-state index >= 15 is 0 Å². The standard InChI is InChI=1S/C13H14/c1-2-4-12-11(3-1)9-7-10(8-9)13(12)5-6-13/h1-4,9-10H,5-8H2. The van der Waals surface area contributed by atoms with Crippen LogP contribution in [0.15, 0.2) is 24.3 Å². The molecule has 1 aromatic rings. The number of hydrogen-bond donors (Lipinski definition) is 0. The fraction of sp³-hybridized carbons (Fsp3) is 0.538. The zero-order valence-electron chi connectivity index (χ0n) is 7.79. The highest BCUT2D eigenvalue weighted by Gasteiger charge is 2.59. The minimum Gasteiger partial charge on any atom is -0.0620 e. The van der Waals surface area contributed by atoms with Gasteiger partial charge in [0.2, 0.25) is 0 Å². The molecule has 1 spiro atoms. The van der Waals surface area contributed by atoms with Crippen LogP contribution in [0.3, 0.4) is 0 Å². The lowest BCUT2D eigenvalue weighted by Crippen LogP contribution is -2.39. The Morgan fingerprint density at radius 3 is 2.62 bits per heavy atom. The van der Waals surface area contributed by atoms with Crippen LogP contribution in [-0.4, -0.2) is 0 Å². The Bertz CT molecular complexity index is 367. The van der Waals surface area contributed by atoms with E-state index in [4.69, 9.17) is 0 Å². The first kappa shape index (κ1) is 6.64. The molecule has 0 atom stereocenters. The van der Waals surface area contributed by atoms with Crippen LogP contribution in [0.4, 0.5) is 0 Å². The van der Waals surface area contributed by atoms with Crippen molar-refractivity contribution >= 4 is 0 Å². The predicted molar refractivity (Wildman–Crippen MR) is 52.8 cm³/mol. The van der Waals surface area contributed by atoms with E-state index in [0.717, 1.165) is 11.8 Å². The maximum absolute atomic E-state index is 2.39. The molecule has 66 valence electrons. The SMILES string of the molecule is c1ccc2c(c1)C1CC(C1)C21CC1. The molecule has 1 aromatic carbocycles. The van der Waals surface area contributed by atoms with Crippen LogP contribution in [0, 0.1) is 5.92 Å². The molecule has 0 N–H and O–H groups in total. The van der Waals surface area contributed by atoms with E-state index in [9.17, 15) is 0 Å². The van der Waals surface area contributed by atoms with Crippen molar-refractivity contribution in [3.8, 4) is 0 Å². The molecule has 0 unspecified atom stereocenters. The number of hydrogen-bond acceptors (Lipinski definition) is 0. The summed E-state index contributed by atoms with van der Waals surface area (Å²) in [7, 11) is 0. The average Bonchev–Trinajstić information content (AvgIpc) is 2.84. The largest absolute Gasteiger partial charge is 0.0620 e. The molecule has 4 aliphatic carbocycles. The second-order valence-electron chi connectivity index (χ2n) is 5.11. The molecular weight excluding hydrogens is 156 g/mol. The molecule has 0 aliphatic heterocycles. The van der Waals surface area contributed by atoms with Gasteiger partial charge in [-0.25, -0.2) is 0 Å². The summed E-state index contributed by atoms with van der Waals surface area (Å²) in [6, 6.07) is 9.20. The third kappa shape index (κ3) is 0.620. The topological polar surface area (TPSA) is 0 Å². The Labute approximate surface area is 79.0 Å². The van der Waals surface area contributed by atoms with E-state index in [2.05, 4.69) is 24.3 Å². The van der Waals surface area contributed by atoms with Crippen molar-refractivity contribution in [1.29, 1.82) is 0 Å². The molecule has 2 saturated carbocycles. The van der Waals surface area contributed by atoms with Crippen LogP contribution in [0.25, 0.3) is 0 Å². The summed E-state index contributed by atoms with van der Waals surface area (Å²) in [5.41, 5.74) is 4.11. The molecule has 0 heteroatoms. The van der Waals surface area contributed by atoms with Gasteiger partial charge in [0.1, 0.15) is 0 Å². The Balaban J connectivity index is 2.01. The molecule has 0 amide bonds. The summed E-state index contributed by atoms with van der Waals surface area (Å²) in [6.45, 7) is 0. The highest BCUT2D eigenvalue weighted by Crippen LogP contribution is 2.68. The first-order chi connectivity index (χ1) is 6.40. The van der Waals surface area contributed by atoms with Crippen LogP contribution in [0.5, 0.6) is 0 Å². The van der Waals surface area contributed by atoms with E-state index in [-0.39, 0.29) is 0 Å². The second-order valence-corrected chi connectivity index (χ2v) is 5.11. The lowest BCUT2D eigenvalue weighted by atomic mass is 9.56. The van der Waals surface area contributed by atoms with Crippen molar-refractivity contribution in [2.24, 2.45) is 5.92 Å². The number of rotatable bonds is 0. The first-order valence-electron chi connectivity index (χ1n) is 5.49. The fourth-order valence-corrected chi connectivity index (χ4v) is 3.66. The van der Waals surface area contributed by atoms with Gasteiger partial charge in [0.15, 0.2) is 0 Å². The monoisotopic (exact) mass is 170 g/mol. The zero-order valence-corrected chi connectivity index (χ0v) is 7.79. The molecule has 0 aromatic heterocycles. The number of benzene rings is 1. The summed E-state index contributed by atoms with van der Waals surface area (Å²) in [6.07, 6.45) is 5.94. The van der Waals surface area contributed by atoms with Crippen LogP contribution in [0.1, 0.15) is 42.7 Å². The summed E-state index contributed by atoms with van der Waals surface area (Å²) in [4.78, 5) is 0. The van der Waals surface area contributed by atoms with Crippen molar-refractivity contribution in [3.05, 3.63) is 35.4 Å². The lowest BCUT2D eigenvalue weighted by molar-refractivity contribution is 0.177. The highest BCUT2D eigenvalue weighted by atomic mass is 14.6. The highest BCUT2D eigenvalue weighted by molar-refractivity contribution is 5.47. The normalized spacial score (nSPS) is 36.6. The summed E-state index contributed by atoms with van der Waals surface area (Å²) >= 11 is 0. The molecule has 0 radical (unpaired) electrons. The minimum atomic E-state index is 0.686. The van der Waals surface area contributed by atoms with Gasteiger partial charge < -0.3 is 0 Å². The van der Waals surface area contributed by atoms with Crippen molar-refractivity contribution in [2.75, 3.05) is 0 Å². The van der Waals surface area contributed by atoms with Gasteiger partial charge in [0.05, 0.1) is 0 Å². The van der Waals surface area contributed by atoms with E-state index in [1.165, 1.54) is 25.7 Å². The molecule has 4 aliphatic rings. The van der Waals surface area contributed by atoms with E-state index in [1.54, 1.807) is 11.1 Å².